The van der Waals surface area contributed by atoms with Crippen LogP contribution < -0.4 is 10.2 Å². The number of fused-ring (bicyclic) bond motifs is 2. The average Bonchev–Trinajstić information content (AvgIpc) is 3.41. The highest BCUT2D eigenvalue weighted by Crippen LogP contribution is 2.40. The van der Waals surface area contributed by atoms with Gasteiger partial charge in [-0.25, -0.2) is 22.8 Å². The number of benzene rings is 1. The van der Waals surface area contributed by atoms with Crippen molar-refractivity contribution in [2.75, 3.05) is 4.90 Å². The van der Waals surface area contributed by atoms with Crippen molar-refractivity contribution in [1.82, 2.24) is 25.1 Å². The van der Waals surface area contributed by atoms with Gasteiger partial charge in [0.25, 0.3) is 0 Å². The number of piperidine rings is 1. The predicted octanol–water partition coefficient (Wildman–Crippen LogP) is 3.98. The molecule has 3 aromatic rings. The van der Waals surface area contributed by atoms with Crippen molar-refractivity contribution in [3.8, 4) is 28.1 Å². The average molecular weight is 470 g/mol. The zero-order valence-corrected chi connectivity index (χ0v) is 18.4. The molecular weight excluding hydrogens is 445 g/mol. The lowest BCUT2D eigenvalue weighted by molar-refractivity contribution is 0.171. The van der Waals surface area contributed by atoms with Crippen LogP contribution in [0.2, 0.25) is 0 Å². The molecule has 1 saturated carbocycles. The number of anilines is 1. The number of aromatic hydroxyl groups is 1. The topological polar surface area (TPSA) is 79.1 Å². The van der Waals surface area contributed by atoms with E-state index in [9.17, 15) is 13.9 Å². The summed E-state index contributed by atoms with van der Waals surface area (Å²) in [5.41, 5.74) is 0.971. The number of nitrogens with zero attached hydrogens (tertiary/aromatic N) is 5. The maximum atomic E-state index is 15.3. The van der Waals surface area contributed by atoms with Gasteiger partial charge in [0, 0.05) is 41.0 Å². The summed E-state index contributed by atoms with van der Waals surface area (Å²) in [6.45, 7) is -0.826. The molecule has 4 heterocycles. The molecule has 7 nitrogen and oxygen atoms in total. The van der Waals surface area contributed by atoms with E-state index in [-0.39, 0.29) is 35.0 Å². The highest BCUT2D eigenvalue weighted by Gasteiger charge is 2.48. The Morgan fingerprint density at radius 1 is 1.09 bits per heavy atom. The molecule has 1 aromatic carbocycles. The van der Waals surface area contributed by atoms with Gasteiger partial charge < -0.3 is 15.3 Å². The molecule has 3 fully saturated rings. The third-order valence-corrected chi connectivity index (χ3v) is 7.18. The Labute approximate surface area is 194 Å². The largest absolute Gasteiger partial charge is 0.507 e. The number of hydrogen-bond donors (Lipinski definition) is 2. The Morgan fingerprint density at radius 2 is 1.94 bits per heavy atom. The highest BCUT2D eigenvalue weighted by atomic mass is 19.1. The Kier molecular flexibility index (Phi) is 5.20. The summed E-state index contributed by atoms with van der Waals surface area (Å²) in [6, 6.07) is 2.72. The zero-order valence-electron chi connectivity index (χ0n) is 18.4. The van der Waals surface area contributed by atoms with Crippen LogP contribution in [0.3, 0.4) is 0 Å². The Bertz CT molecular complexity index is 1200. The first-order valence-electron chi connectivity index (χ1n) is 11.6. The fourth-order valence-electron chi connectivity index (χ4n) is 5.37. The monoisotopic (exact) mass is 470 g/mol. The lowest BCUT2D eigenvalue weighted by Gasteiger charge is -2.41. The number of phenols is 1. The van der Waals surface area contributed by atoms with Crippen LogP contribution in [0.15, 0.2) is 36.9 Å². The van der Waals surface area contributed by atoms with Crippen molar-refractivity contribution in [3.05, 3.63) is 42.7 Å². The molecule has 2 aromatic heterocycles. The molecule has 34 heavy (non-hydrogen) atoms. The number of aromatic nitrogens is 4. The lowest BCUT2D eigenvalue weighted by Crippen LogP contribution is -2.57. The fourth-order valence-corrected chi connectivity index (χ4v) is 5.37. The third-order valence-electron chi connectivity index (χ3n) is 7.18. The molecular formula is C24H25F3N6O. The molecule has 4 atom stereocenters. The second-order valence-electron chi connectivity index (χ2n) is 9.43. The SMILES string of the molecule is Oc1cc(-c2cnn(CF)c2)c(F)cc1-c1cnc(N(C2CC2)[C@H]2C[C@@H]3CCC(N3)[C@H]2F)cn1. The Hall–Kier alpha value is -3.14. The van der Waals surface area contributed by atoms with E-state index in [0.29, 0.717) is 23.1 Å². The molecule has 1 aliphatic carbocycles. The number of phenolic OH excluding ortho intramolecular Hbond substituents is 1. The quantitative estimate of drug-likeness (QED) is 0.568. The molecule has 3 aliphatic rings. The summed E-state index contributed by atoms with van der Waals surface area (Å²) >= 11 is 0. The number of hydrogen-bond acceptors (Lipinski definition) is 6. The number of nitrogens with one attached hydrogen (secondary N) is 1. The van der Waals surface area contributed by atoms with Crippen LogP contribution in [0.5, 0.6) is 5.75 Å². The van der Waals surface area contributed by atoms with Gasteiger partial charge in [-0.15, -0.1) is 0 Å². The van der Waals surface area contributed by atoms with Gasteiger partial charge in [-0.05, 0) is 44.2 Å². The molecule has 6 rings (SSSR count). The minimum absolute atomic E-state index is 0.104. The summed E-state index contributed by atoms with van der Waals surface area (Å²) in [4.78, 5) is 11.1. The molecule has 2 aliphatic heterocycles. The van der Waals surface area contributed by atoms with Crippen molar-refractivity contribution < 1.29 is 18.3 Å². The highest BCUT2D eigenvalue weighted by molar-refractivity contribution is 5.74. The third kappa shape index (κ3) is 3.70. The lowest BCUT2D eigenvalue weighted by atomic mass is 9.96. The van der Waals surface area contributed by atoms with Crippen LogP contribution in [0.4, 0.5) is 19.0 Å². The van der Waals surface area contributed by atoms with Crippen molar-refractivity contribution in [1.29, 1.82) is 0 Å². The van der Waals surface area contributed by atoms with Gasteiger partial charge in [0.15, 0.2) is 6.80 Å². The summed E-state index contributed by atoms with van der Waals surface area (Å²) in [5.74, 6) is -0.165. The number of alkyl halides is 2. The van der Waals surface area contributed by atoms with Gasteiger partial charge in [-0.1, -0.05) is 0 Å². The van der Waals surface area contributed by atoms with Gasteiger partial charge in [0.05, 0.1) is 30.3 Å². The van der Waals surface area contributed by atoms with Gasteiger partial charge in [-0.3, -0.25) is 4.98 Å². The van der Waals surface area contributed by atoms with Crippen LogP contribution in [0.1, 0.15) is 32.1 Å². The summed E-state index contributed by atoms with van der Waals surface area (Å²) in [7, 11) is 0. The first-order chi connectivity index (χ1) is 16.5. The number of halogens is 3. The second-order valence-corrected chi connectivity index (χ2v) is 9.43. The van der Waals surface area contributed by atoms with Gasteiger partial charge in [0.2, 0.25) is 0 Å². The number of rotatable bonds is 6. The Balaban J connectivity index is 1.28. The molecule has 0 radical (unpaired) electrons. The fraction of sp³-hybridized carbons (Fsp3) is 0.458. The van der Waals surface area contributed by atoms with Gasteiger partial charge in [0.1, 0.15) is 23.6 Å². The van der Waals surface area contributed by atoms with Crippen LogP contribution in [-0.2, 0) is 6.80 Å². The first-order valence-corrected chi connectivity index (χ1v) is 11.6. The molecule has 178 valence electrons. The minimum atomic E-state index is -0.965. The van der Waals surface area contributed by atoms with E-state index in [1.165, 1.54) is 30.7 Å². The van der Waals surface area contributed by atoms with Crippen molar-refractivity contribution >= 4 is 5.82 Å². The standard InChI is InChI=1S/C24H25F3N6O/c25-12-32-11-13(8-30-32)16-7-22(34)17(6-18(16)26)20-9-29-23(10-28-20)33(15-2-3-15)21-5-14-1-4-19(31-14)24(21)27/h6-11,14-15,19,21,24,31,34H,1-5,12H2/t14-,19?,21-,24+/m0/s1. The van der Waals surface area contributed by atoms with Crippen molar-refractivity contribution in [2.45, 2.75) is 69.2 Å². The van der Waals surface area contributed by atoms with E-state index < -0.39 is 18.8 Å². The molecule has 2 N–H and O–H groups in total. The van der Waals surface area contributed by atoms with Crippen molar-refractivity contribution in [2.24, 2.45) is 0 Å². The molecule has 2 saturated heterocycles. The Morgan fingerprint density at radius 3 is 2.65 bits per heavy atom. The predicted molar refractivity (Wildman–Crippen MR) is 120 cm³/mol. The molecule has 0 spiro atoms. The van der Waals surface area contributed by atoms with Crippen molar-refractivity contribution in [3.63, 3.8) is 0 Å². The summed E-state index contributed by atoms with van der Waals surface area (Å²) in [5, 5.41) is 17.7. The van der Waals surface area contributed by atoms with Gasteiger partial charge in [-0.2, -0.15) is 5.10 Å². The van der Waals surface area contributed by atoms with E-state index in [1.807, 2.05) is 0 Å². The first kappa shape index (κ1) is 21.4. The molecule has 2 bridgehead atoms. The zero-order chi connectivity index (χ0) is 23.4. The van der Waals surface area contributed by atoms with Crippen LogP contribution >= 0.6 is 0 Å². The van der Waals surface area contributed by atoms with Gasteiger partial charge >= 0.3 is 0 Å². The maximum absolute atomic E-state index is 15.3. The van der Waals surface area contributed by atoms with Crippen LogP contribution in [0, 0.1) is 5.82 Å². The summed E-state index contributed by atoms with van der Waals surface area (Å²) in [6.07, 6.45) is 9.42. The maximum Gasteiger partial charge on any atom is 0.181 e. The van der Waals surface area contributed by atoms with Crippen LogP contribution in [-0.4, -0.2) is 55.2 Å². The van der Waals surface area contributed by atoms with E-state index in [0.717, 1.165) is 36.8 Å². The van der Waals surface area contributed by atoms with E-state index in [4.69, 9.17) is 0 Å². The minimum Gasteiger partial charge on any atom is -0.507 e. The molecule has 1 unspecified atom stereocenters. The molecule has 0 amide bonds. The van der Waals surface area contributed by atoms with E-state index in [2.05, 4.69) is 25.3 Å². The van der Waals surface area contributed by atoms with E-state index >= 15 is 4.39 Å². The second kappa shape index (κ2) is 8.26. The van der Waals surface area contributed by atoms with Crippen LogP contribution in [0.25, 0.3) is 22.4 Å². The van der Waals surface area contributed by atoms with E-state index in [1.54, 1.807) is 6.20 Å². The summed E-state index contributed by atoms with van der Waals surface area (Å²) < 4.78 is 43.9. The normalized spacial score (nSPS) is 26.1. The smallest absolute Gasteiger partial charge is 0.181 e. The molecule has 10 heteroatoms.